The zero-order valence-corrected chi connectivity index (χ0v) is 14.3. The number of aromatic hydroxyl groups is 2. The predicted molar refractivity (Wildman–Crippen MR) is 104 cm³/mol. The SMILES string of the molecule is Oc1ccc(/C=N\Nc2ncnc3scc(-c4ccccc4)c23)c(O)c1. The van der Waals surface area contributed by atoms with Crippen LogP contribution in [-0.2, 0) is 0 Å². The van der Waals surface area contributed by atoms with E-state index in [0.717, 1.165) is 21.3 Å². The van der Waals surface area contributed by atoms with Crippen LogP contribution < -0.4 is 5.43 Å². The summed E-state index contributed by atoms with van der Waals surface area (Å²) in [5.74, 6) is 0.532. The molecule has 3 N–H and O–H groups in total. The van der Waals surface area contributed by atoms with E-state index >= 15 is 0 Å². The fourth-order valence-corrected chi connectivity index (χ4v) is 3.51. The fourth-order valence-electron chi connectivity index (χ4n) is 2.59. The van der Waals surface area contributed by atoms with Crippen LogP contribution in [0.3, 0.4) is 0 Å². The Bertz CT molecular complexity index is 1090. The van der Waals surface area contributed by atoms with Crippen molar-refractivity contribution in [2.75, 3.05) is 5.43 Å². The first-order valence-electron chi connectivity index (χ1n) is 7.81. The fraction of sp³-hybridized carbons (Fsp3) is 0. The minimum absolute atomic E-state index is 0.00380. The molecule has 0 saturated heterocycles. The Labute approximate surface area is 153 Å². The highest BCUT2D eigenvalue weighted by molar-refractivity contribution is 7.17. The number of phenolic OH excluding ortho intramolecular Hbond substituents is 2. The highest BCUT2D eigenvalue weighted by atomic mass is 32.1. The van der Waals surface area contributed by atoms with Gasteiger partial charge in [0, 0.05) is 22.6 Å². The van der Waals surface area contributed by atoms with Crippen molar-refractivity contribution in [3.63, 3.8) is 0 Å². The summed E-state index contributed by atoms with van der Waals surface area (Å²) in [5, 5.41) is 26.3. The Morgan fingerprint density at radius 1 is 1.04 bits per heavy atom. The molecule has 0 saturated carbocycles. The molecule has 0 aliphatic carbocycles. The average Bonchev–Trinajstić information content (AvgIpc) is 3.09. The van der Waals surface area contributed by atoms with Crippen molar-refractivity contribution in [1.29, 1.82) is 0 Å². The summed E-state index contributed by atoms with van der Waals surface area (Å²) in [4.78, 5) is 9.49. The van der Waals surface area contributed by atoms with E-state index < -0.39 is 0 Å². The van der Waals surface area contributed by atoms with Gasteiger partial charge in [0.1, 0.15) is 22.7 Å². The number of hydrazone groups is 1. The molecule has 0 fully saturated rings. The molecule has 0 spiro atoms. The summed E-state index contributed by atoms with van der Waals surface area (Å²) < 4.78 is 0. The number of phenols is 2. The third kappa shape index (κ3) is 3.07. The normalized spacial score (nSPS) is 11.2. The number of hydrogen-bond donors (Lipinski definition) is 3. The Morgan fingerprint density at radius 3 is 2.69 bits per heavy atom. The lowest BCUT2D eigenvalue weighted by Gasteiger charge is -2.05. The Morgan fingerprint density at radius 2 is 1.88 bits per heavy atom. The minimum atomic E-state index is -0.0520. The zero-order chi connectivity index (χ0) is 17.9. The van der Waals surface area contributed by atoms with E-state index in [4.69, 9.17) is 0 Å². The second-order valence-corrected chi connectivity index (χ2v) is 6.39. The van der Waals surface area contributed by atoms with Gasteiger partial charge in [-0.25, -0.2) is 9.97 Å². The third-order valence-electron chi connectivity index (χ3n) is 3.84. The highest BCUT2D eigenvalue weighted by Gasteiger charge is 2.12. The lowest BCUT2D eigenvalue weighted by atomic mass is 10.1. The van der Waals surface area contributed by atoms with E-state index in [-0.39, 0.29) is 11.5 Å². The summed E-state index contributed by atoms with van der Waals surface area (Å²) in [5.41, 5.74) is 5.53. The van der Waals surface area contributed by atoms with E-state index in [2.05, 4.69) is 25.9 Å². The molecule has 0 bridgehead atoms. The summed E-state index contributed by atoms with van der Waals surface area (Å²) in [6.45, 7) is 0. The Balaban J connectivity index is 1.68. The number of nitrogens with one attached hydrogen (secondary N) is 1. The molecule has 0 amide bonds. The molecule has 4 aromatic rings. The van der Waals surface area contributed by atoms with Crippen LogP contribution in [-0.4, -0.2) is 26.4 Å². The molecule has 2 heterocycles. The molecule has 0 aliphatic rings. The lowest BCUT2D eigenvalue weighted by Crippen LogP contribution is -1.95. The predicted octanol–water partition coefficient (Wildman–Crippen LogP) is 4.22. The number of aromatic nitrogens is 2. The first kappa shape index (κ1) is 16.0. The molecule has 0 radical (unpaired) electrons. The standard InChI is InChI=1S/C19H14N4O2S/c24-14-7-6-13(16(25)8-14)9-22-23-18-17-15(12-4-2-1-3-5-12)10-26-19(17)21-11-20-18/h1-11,24-25H,(H,20,21,23)/b22-9-. The second kappa shape index (κ2) is 6.81. The molecular formula is C19H14N4O2S. The van der Waals surface area contributed by atoms with Gasteiger partial charge in [0.25, 0.3) is 0 Å². The first-order valence-corrected chi connectivity index (χ1v) is 8.69. The van der Waals surface area contributed by atoms with Gasteiger partial charge < -0.3 is 10.2 Å². The van der Waals surface area contributed by atoms with Gasteiger partial charge in [-0.1, -0.05) is 30.3 Å². The maximum absolute atomic E-state index is 9.82. The maximum atomic E-state index is 9.82. The number of nitrogens with zero attached hydrogens (tertiary/aromatic N) is 3. The van der Waals surface area contributed by atoms with Gasteiger partial charge in [-0.2, -0.15) is 5.10 Å². The first-order chi connectivity index (χ1) is 12.7. The van der Waals surface area contributed by atoms with Crippen molar-refractivity contribution >= 4 is 33.6 Å². The summed E-state index contributed by atoms with van der Waals surface area (Å²) in [6, 6.07) is 14.3. The van der Waals surface area contributed by atoms with Crippen molar-refractivity contribution in [1.82, 2.24) is 9.97 Å². The van der Waals surface area contributed by atoms with Crippen molar-refractivity contribution in [3.05, 3.63) is 65.8 Å². The summed E-state index contributed by atoms with van der Waals surface area (Å²) in [6.07, 6.45) is 2.96. The number of rotatable bonds is 4. The van der Waals surface area contributed by atoms with E-state index in [1.165, 1.54) is 24.7 Å². The quantitative estimate of drug-likeness (QED) is 0.374. The number of thiophene rings is 1. The maximum Gasteiger partial charge on any atom is 0.159 e. The van der Waals surface area contributed by atoms with Crippen LogP contribution >= 0.6 is 11.3 Å². The van der Waals surface area contributed by atoms with Gasteiger partial charge in [0.05, 0.1) is 11.6 Å². The van der Waals surface area contributed by atoms with Gasteiger partial charge in [-0.05, 0) is 17.7 Å². The summed E-state index contributed by atoms with van der Waals surface area (Å²) in [7, 11) is 0. The molecule has 0 aliphatic heterocycles. The second-order valence-electron chi connectivity index (χ2n) is 5.53. The third-order valence-corrected chi connectivity index (χ3v) is 4.73. The molecule has 7 heteroatoms. The van der Waals surface area contributed by atoms with Gasteiger partial charge in [-0.15, -0.1) is 11.3 Å². The number of fused-ring (bicyclic) bond motifs is 1. The smallest absolute Gasteiger partial charge is 0.159 e. The van der Waals surface area contributed by atoms with Gasteiger partial charge in [0.2, 0.25) is 0 Å². The number of benzene rings is 2. The van der Waals surface area contributed by atoms with E-state index in [0.29, 0.717) is 11.4 Å². The van der Waals surface area contributed by atoms with Crippen LogP contribution in [0.25, 0.3) is 21.3 Å². The zero-order valence-electron chi connectivity index (χ0n) is 13.5. The Kier molecular flexibility index (Phi) is 4.20. The van der Waals surface area contributed by atoms with Crippen molar-refractivity contribution in [2.24, 2.45) is 5.10 Å². The van der Waals surface area contributed by atoms with Crippen LogP contribution in [0.1, 0.15) is 5.56 Å². The molecule has 0 atom stereocenters. The Hall–Kier alpha value is -3.45. The molecule has 26 heavy (non-hydrogen) atoms. The van der Waals surface area contributed by atoms with E-state index in [1.807, 2.05) is 30.3 Å². The molecule has 4 rings (SSSR count). The minimum Gasteiger partial charge on any atom is -0.508 e. The number of anilines is 1. The van der Waals surface area contributed by atoms with Crippen LogP contribution in [0.15, 0.2) is 65.3 Å². The van der Waals surface area contributed by atoms with Crippen molar-refractivity contribution < 1.29 is 10.2 Å². The largest absolute Gasteiger partial charge is 0.508 e. The highest BCUT2D eigenvalue weighted by Crippen LogP contribution is 2.36. The molecule has 128 valence electrons. The topological polar surface area (TPSA) is 90.6 Å². The molecule has 2 aromatic heterocycles. The van der Waals surface area contributed by atoms with E-state index in [1.54, 1.807) is 17.4 Å². The molecule has 0 unspecified atom stereocenters. The van der Waals surface area contributed by atoms with Crippen LogP contribution in [0, 0.1) is 0 Å². The monoisotopic (exact) mass is 362 g/mol. The van der Waals surface area contributed by atoms with Crippen LogP contribution in [0.4, 0.5) is 5.82 Å². The molecule has 2 aromatic carbocycles. The van der Waals surface area contributed by atoms with E-state index in [9.17, 15) is 10.2 Å². The van der Waals surface area contributed by atoms with Gasteiger partial charge in [-0.3, -0.25) is 5.43 Å². The van der Waals surface area contributed by atoms with Gasteiger partial charge in [0.15, 0.2) is 5.82 Å². The van der Waals surface area contributed by atoms with Gasteiger partial charge >= 0.3 is 0 Å². The van der Waals surface area contributed by atoms with Crippen molar-refractivity contribution in [3.8, 4) is 22.6 Å². The number of hydrogen-bond acceptors (Lipinski definition) is 7. The summed E-state index contributed by atoms with van der Waals surface area (Å²) >= 11 is 1.55. The van der Waals surface area contributed by atoms with Crippen LogP contribution in [0.5, 0.6) is 11.5 Å². The molecular weight excluding hydrogens is 348 g/mol. The van der Waals surface area contributed by atoms with Crippen molar-refractivity contribution in [2.45, 2.75) is 0 Å². The van der Waals surface area contributed by atoms with Crippen LogP contribution in [0.2, 0.25) is 0 Å². The average molecular weight is 362 g/mol. The molecule has 6 nitrogen and oxygen atoms in total. The lowest BCUT2D eigenvalue weighted by molar-refractivity contribution is 0.450.